The minimum Gasteiger partial charge on any atom is -0.493 e. The van der Waals surface area contributed by atoms with E-state index < -0.39 is 15.4 Å². The number of carbonyl (C=O) groups is 1. The van der Waals surface area contributed by atoms with Crippen LogP contribution in [0.5, 0.6) is 5.75 Å². The van der Waals surface area contributed by atoms with Crippen molar-refractivity contribution in [3.8, 4) is 11.4 Å². The van der Waals surface area contributed by atoms with Crippen molar-refractivity contribution in [2.75, 3.05) is 52.9 Å². The summed E-state index contributed by atoms with van der Waals surface area (Å²) in [7, 11) is -1.70. The van der Waals surface area contributed by atoms with Gasteiger partial charge in [-0.15, -0.1) is 5.10 Å². The van der Waals surface area contributed by atoms with Crippen molar-refractivity contribution >= 4 is 15.9 Å². The number of tetrazole rings is 1. The number of amides is 1. The maximum absolute atomic E-state index is 13.4. The highest BCUT2D eigenvalue weighted by Crippen LogP contribution is 2.38. The first-order valence-electron chi connectivity index (χ1n) is 12.9. The van der Waals surface area contributed by atoms with E-state index in [-0.39, 0.29) is 42.7 Å². The Bertz CT molecular complexity index is 1350. The summed E-state index contributed by atoms with van der Waals surface area (Å²) < 4.78 is 49.2. The van der Waals surface area contributed by atoms with Crippen LogP contribution in [-0.4, -0.2) is 102 Å². The summed E-state index contributed by atoms with van der Waals surface area (Å²) in [4.78, 5) is 17.6. The zero-order valence-electron chi connectivity index (χ0n) is 21.8. The van der Waals surface area contributed by atoms with Gasteiger partial charge in [-0.1, -0.05) is 0 Å². The monoisotopic (exact) mass is 557 g/mol. The number of aromatic nitrogens is 4. The maximum atomic E-state index is 13.4. The van der Waals surface area contributed by atoms with E-state index in [9.17, 15) is 17.6 Å². The predicted molar refractivity (Wildman–Crippen MR) is 140 cm³/mol. The number of halogens is 1. The van der Waals surface area contributed by atoms with E-state index in [0.29, 0.717) is 37.4 Å². The molecule has 3 aromatic rings. The molecule has 5 rings (SSSR count). The highest BCUT2D eigenvalue weighted by molar-refractivity contribution is 7.89. The van der Waals surface area contributed by atoms with Gasteiger partial charge in [0.05, 0.1) is 17.2 Å². The molecule has 0 unspecified atom stereocenters. The zero-order valence-corrected chi connectivity index (χ0v) is 22.6. The van der Waals surface area contributed by atoms with E-state index in [1.54, 1.807) is 36.4 Å². The topological polar surface area (TPSA) is 114 Å². The molecule has 208 valence electrons. The van der Waals surface area contributed by atoms with Crippen LogP contribution in [0.15, 0.2) is 59.8 Å². The molecule has 2 aliphatic heterocycles. The largest absolute Gasteiger partial charge is 0.493 e. The quantitative estimate of drug-likeness (QED) is 0.412. The first kappa shape index (κ1) is 27.2. The Labute approximate surface area is 227 Å². The molecule has 2 aliphatic rings. The van der Waals surface area contributed by atoms with Crippen LogP contribution in [0.1, 0.15) is 19.3 Å². The zero-order chi connectivity index (χ0) is 27.5. The van der Waals surface area contributed by atoms with Crippen molar-refractivity contribution in [3.05, 3.63) is 60.7 Å². The van der Waals surface area contributed by atoms with Gasteiger partial charge in [0.1, 0.15) is 17.9 Å². The summed E-state index contributed by atoms with van der Waals surface area (Å²) in [6.07, 6.45) is 2.64. The summed E-state index contributed by atoms with van der Waals surface area (Å²) in [5.74, 6) is 0.215. The van der Waals surface area contributed by atoms with Crippen molar-refractivity contribution in [1.82, 2.24) is 34.3 Å². The van der Waals surface area contributed by atoms with E-state index in [1.807, 2.05) is 11.9 Å². The molecule has 0 atom stereocenters. The van der Waals surface area contributed by atoms with Crippen molar-refractivity contribution in [2.45, 2.75) is 24.2 Å². The highest BCUT2D eigenvalue weighted by Gasteiger charge is 2.42. The second-order valence-electron chi connectivity index (χ2n) is 10.3. The molecule has 0 aliphatic carbocycles. The number of benzene rings is 2. The van der Waals surface area contributed by atoms with E-state index in [2.05, 4.69) is 20.4 Å². The molecule has 1 aromatic heterocycles. The molecule has 0 bridgehead atoms. The average Bonchev–Trinajstić information content (AvgIpc) is 3.49. The van der Waals surface area contributed by atoms with Crippen molar-refractivity contribution < 1.29 is 22.3 Å². The molecule has 13 heteroatoms. The molecule has 0 saturated carbocycles. The van der Waals surface area contributed by atoms with Crippen LogP contribution in [0, 0.1) is 11.2 Å². The predicted octanol–water partition coefficient (Wildman–Crippen LogP) is 1.82. The maximum Gasteiger partial charge on any atom is 0.243 e. The van der Waals surface area contributed by atoms with Crippen LogP contribution < -0.4 is 4.74 Å². The number of hydrogen-bond acceptors (Lipinski definition) is 8. The van der Waals surface area contributed by atoms with Crippen LogP contribution in [-0.2, 0) is 14.8 Å². The van der Waals surface area contributed by atoms with Crippen LogP contribution in [0.2, 0.25) is 0 Å². The van der Waals surface area contributed by atoms with Crippen molar-refractivity contribution in [1.29, 1.82) is 0 Å². The molecule has 2 saturated heterocycles. The van der Waals surface area contributed by atoms with Crippen molar-refractivity contribution in [2.24, 2.45) is 5.41 Å². The summed E-state index contributed by atoms with van der Waals surface area (Å²) in [5.41, 5.74) is 0.113. The van der Waals surface area contributed by atoms with Gasteiger partial charge in [-0.25, -0.2) is 17.5 Å². The van der Waals surface area contributed by atoms with E-state index in [0.717, 1.165) is 13.1 Å². The number of nitrogens with zero attached hydrogens (tertiary/aromatic N) is 7. The first-order valence-corrected chi connectivity index (χ1v) is 14.4. The lowest BCUT2D eigenvalue weighted by molar-refractivity contribution is -0.136. The van der Waals surface area contributed by atoms with E-state index >= 15 is 0 Å². The molecule has 0 spiro atoms. The second kappa shape index (κ2) is 11.4. The van der Waals surface area contributed by atoms with Gasteiger partial charge in [-0.2, -0.15) is 4.31 Å². The summed E-state index contributed by atoms with van der Waals surface area (Å²) in [5, 5.41) is 11.0. The first-order chi connectivity index (χ1) is 18.7. The number of likely N-dealkylation sites (N-methyl/N-ethyl adjacent to an activating group) is 1. The fraction of sp³-hybridized carbons (Fsp3) is 0.462. The Hall–Kier alpha value is -3.42. The molecular formula is C26H32FN7O4S. The molecule has 1 amide bonds. The van der Waals surface area contributed by atoms with E-state index in [4.69, 9.17) is 4.74 Å². The SMILES string of the molecule is CN1CCN(C(=O)CC2(COc3ccc(F)cc3)CCN(S(=O)(=O)c3ccc(-n4cnnn4)cc3)CC2)CC1. The number of piperidine rings is 1. The summed E-state index contributed by atoms with van der Waals surface area (Å²) >= 11 is 0. The standard InChI is InChI=1S/C26H32FN7O4S/c1-31-14-16-32(17-15-31)25(35)18-26(19-38-23-6-2-21(27)3-7-23)10-12-33(13-11-26)39(36,37)24-8-4-22(5-9-24)34-20-28-29-30-34/h2-9,20H,10-19H2,1H3. The van der Waals surface area contributed by atoms with Crippen LogP contribution >= 0.6 is 0 Å². The molecule has 11 nitrogen and oxygen atoms in total. The number of piperazine rings is 1. The Morgan fingerprint density at radius 3 is 2.26 bits per heavy atom. The fourth-order valence-corrected chi connectivity index (χ4v) is 6.47. The third kappa shape index (κ3) is 6.26. The van der Waals surface area contributed by atoms with Gasteiger partial charge in [-0.3, -0.25) is 4.79 Å². The van der Waals surface area contributed by atoms with Gasteiger partial charge in [0.2, 0.25) is 15.9 Å². The molecule has 39 heavy (non-hydrogen) atoms. The van der Waals surface area contributed by atoms with Crippen LogP contribution in [0.3, 0.4) is 0 Å². The third-order valence-corrected chi connectivity index (χ3v) is 9.52. The van der Waals surface area contributed by atoms with Crippen LogP contribution in [0.25, 0.3) is 5.69 Å². The van der Waals surface area contributed by atoms with Gasteiger partial charge in [0.15, 0.2) is 0 Å². The number of carbonyl (C=O) groups excluding carboxylic acids is 1. The second-order valence-corrected chi connectivity index (χ2v) is 12.2. The minimum atomic E-state index is -3.74. The summed E-state index contributed by atoms with van der Waals surface area (Å²) in [6, 6.07) is 12.2. The van der Waals surface area contributed by atoms with Gasteiger partial charge in [0, 0.05) is 51.1 Å². The Balaban J connectivity index is 1.29. The Kier molecular flexibility index (Phi) is 7.91. The van der Waals surface area contributed by atoms with E-state index in [1.165, 1.54) is 27.4 Å². The van der Waals surface area contributed by atoms with Gasteiger partial charge in [-0.05, 0) is 78.8 Å². The molecular weight excluding hydrogens is 525 g/mol. The van der Waals surface area contributed by atoms with Gasteiger partial charge < -0.3 is 14.5 Å². The van der Waals surface area contributed by atoms with Gasteiger partial charge >= 0.3 is 0 Å². The van der Waals surface area contributed by atoms with Gasteiger partial charge in [0.25, 0.3) is 0 Å². The number of hydrogen-bond donors (Lipinski definition) is 0. The number of ether oxygens (including phenoxy) is 1. The Morgan fingerprint density at radius 1 is 0.974 bits per heavy atom. The molecule has 2 aromatic carbocycles. The lowest BCUT2D eigenvalue weighted by Crippen LogP contribution is -2.51. The number of rotatable bonds is 8. The average molecular weight is 558 g/mol. The Morgan fingerprint density at radius 2 is 1.64 bits per heavy atom. The number of sulfonamides is 1. The highest BCUT2D eigenvalue weighted by atomic mass is 32.2. The molecule has 0 radical (unpaired) electrons. The molecule has 2 fully saturated rings. The third-order valence-electron chi connectivity index (χ3n) is 7.61. The normalized spacial score (nSPS) is 18.7. The van der Waals surface area contributed by atoms with Crippen LogP contribution in [0.4, 0.5) is 4.39 Å². The molecule has 3 heterocycles. The summed E-state index contributed by atoms with van der Waals surface area (Å²) in [6.45, 7) is 3.76. The smallest absolute Gasteiger partial charge is 0.243 e. The minimum absolute atomic E-state index is 0.0558. The fourth-order valence-electron chi connectivity index (χ4n) is 5.03. The lowest BCUT2D eigenvalue weighted by atomic mass is 9.76. The lowest BCUT2D eigenvalue weighted by Gasteiger charge is -2.42. The molecule has 0 N–H and O–H groups in total. The van der Waals surface area contributed by atoms with Crippen molar-refractivity contribution in [3.63, 3.8) is 0 Å².